The number of nitrogens with one attached hydrogen (secondary N) is 1. The van der Waals surface area contributed by atoms with Crippen molar-refractivity contribution in [3.63, 3.8) is 0 Å². The molecule has 0 saturated carbocycles. The SMILES string of the molecule is CSC[C@@H](C)NC(=O)N(C)CCc1cccc2ccccc12. The fourth-order valence-corrected chi connectivity index (χ4v) is 3.10. The predicted molar refractivity (Wildman–Crippen MR) is 96.7 cm³/mol. The topological polar surface area (TPSA) is 32.3 Å². The molecule has 0 unspecified atom stereocenters. The van der Waals surface area contributed by atoms with Crippen molar-refractivity contribution in [3.8, 4) is 0 Å². The van der Waals surface area contributed by atoms with E-state index in [0.29, 0.717) is 6.54 Å². The third-order valence-corrected chi connectivity index (χ3v) is 4.56. The standard InChI is InChI=1S/C18H24N2OS/c1-14(13-22-3)19-18(21)20(2)12-11-16-9-6-8-15-7-4-5-10-17(15)16/h4-10,14H,11-13H2,1-3H3,(H,19,21)/t14-/m1/s1. The minimum Gasteiger partial charge on any atom is -0.335 e. The van der Waals surface area contributed by atoms with Crippen LogP contribution in [0.3, 0.4) is 0 Å². The lowest BCUT2D eigenvalue weighted by molar-refractivity contribution is 0.207. The number of amides is 2. The van der Waals surface area contributed by atoms with Crippen molar-refractivity contribution in [2.24, 2.45) is 0 Å². The second-order valence-electron chi connectivity index (χ2n) is 5.62. The molecule has 1 atom stereocenters. The maximum absolute atomic E-state index is 12.1. The summed E-state index contributed by atoms with van der Waals surface area (Å²) >= 11 is 1.74. The first-order valence-corrected chi connectivity index (χ1v) is 8.98. The number of hydrogen-bond donors (Lipinski definition) is 1. The van der Waals surface area contributed by atoms with Gasteiger partial charge in [-0.3, -0.25) is 0 Å². The maximum atomic E-state index is 12.1. The zero-order valence-corrected chi connectivity index (χ0v) is 14.3. The van der Waals surface area contributed by atoms with Crippen LogP contribution < -0.4 is 5.32 Å². The molecule has 0 aliphatic carbocycles. The Kier molecular flexibility index (Phi) is 6.13. The van der Waals surface area contributed by atoms with Gasteiger partial charge in [-0.2, -0.15) is 11.8 Å². The largest absolute Gasteiger partial charge is 0.335 e. The van der Waals surface area contributed by atoms with E-state index in [0.717, 1.165) is 12.2 Å². The Morgan fingerprint density at radius 2 is 1.95 bits per heavy atom. The lowest BCUT2D eigenvalue weighted by Crippen LogP contribution is -2.43. The van der Waals surface area contributed by atoms with Crippen molar-refractivity contribution in [1.82, 2.24) is 10.2 Å². The molecule has 118 valence electrons. The van der Waals surface area contributed by atoms with Gasteiger partial charge in [0.15, 0.2) is 0 Å². The molecule has 2 rings (SSSR count). The number of carbonyl (C=O) groups is 1. The minimum absolute atomic E-state index is 0.00165. The Hall–Kier alpha value is -1.68. The summed E-state index contributed by atoms with van der Waals surface area (Å²) in [6, 6.07) is 14.9. The summed E-state index contributed by atoms with van der Waals surface area (Å²) in [6.45, 7) is 2.75. The van der Waals surface area contributed by atoms with Crippen molar-refractivity contribution >= 4 is 28.6 Å². The molecule has 0 fully saturated rings. The molecule has 0 bridgehead atoms. The van der Waals surface area contributed by atoms with Crippen LogP contribution in [-0.4, -0.2) is 42.6 Å². The molecule has 0 radical (unpaired) electrons. The van der Waals surface area contributed by atoms with E-state index in [1.54, 1.807) is 16.7 Å². The number of urea groups is 1. The number of rotatable bonds is 6. The molecule has 2 amide bonds. The van der Waals surface area contributed by atoms with Crippen molar-refractivity contribution in [2.75, 3.05) is 25.6 Å². The third-order valence-electron chi connectivity index (χ3n) is 3.73. The predicted octanol–water partition coefficient (Wildman–Crippen LogP) is 3.78. The van der Waals surface area contributed by atoms with E-state index < -0.39 is 0 Å². The van der Waals surface area contributed by atoms with E-state index >= 15 is 0 Å². The highest BCUT2D eigenvalue weighted by Gasteiger charge is 2.12. The number of benzene rings is 2. The van der Waals surface area contributed by atoms with E-state index in [2.05, 4.69) is 47.8 Å². The maximum Gasteiger partial charge on any atom is 0.317 e. The second kappa shape index (κ2) is 8.08. The quantitative estimate of drug-likeness (QED) is 0.880. The monoisotopic (exact) mass is 316 g/mol. The molecule has 3 nitrogen and oxygen atoms in total. The van der Waals surface area contributed by atoms with E-state index in [1.807, 2.05) is 20.2 Å². The average Bonchev–Trinajstić information content (AvgIpc) is 2.52. The third kappa shape index (κ3) is 4.41. The van der Waals surface area contributed by atoms with E-state index in [1.165, 1.54) is 16.3 Å². The van der Waals surface area contributed by atoms with Gasteiger partial charge in [0.05, 0.1) is 0 Å². The first kappa shape index (κ1) is 16.7. The van der Waals surface area contributed by atoms with Crippen LogP contribution in [0.15, 0.2) is 42.5 Å². The van der Waals surface area contributed by atoms with Crippen molar-refractivity contribution in [2.45, 2.75) is 19.4 Å². The van der Waals surface area contributed by atoms with E-state index in [-0.39, 0.29) is 12.1 Å². The fraction of sp³-hybridized carbons (Fsp3) is 0.389. The first-order valence-electron chi connectivity index (χ1n) is 7.59. The lowest BCUT2D eigenvalue weighted by Gasteiger charge is -2.21. The van der Waals surface area contributed by atoms with E-state index in [4.69, 9.17) is 0 Å². The molecule has 4 heteroatoms. The van der Waals surface area contributed by atoms with Crippen LogP contribution in [0, 0.1) is 0 Å². The highest BCUT2D eigenvalue weighted by atomic mass is 32.2. The Bertz CT molecular complexity index is 624. The Morgan fingerprint density at radius 3 is 2.73 bits per heavy atom. The zero-order chi connectivity index (χ0) is 15.9. The smallest absolute Gasteiger partial charge is 0.317 e. The molecule has 2 aromatic rings. The number of thioether (sulfide) groups is 1. The molecular formula is C18H24N2OS. The van der Waals surface area contributed by atoms with Gasteiger partial charge >= 0.3 is 6.03 Å². The Balaban J connectivity index is 1.95. The van der Waals surface area contributed by atoms with Crippen LogP contribution >= 0.6 is 11.8 Å². The second-order valence-corrected chi connectivity index (χ2v) is 6.53. The summed E-state index contributed by atoms with van der Waals surface area (Å²) in [4.78, 5) is 13.9. The van der Waals surface area contributed by atoms with E-state index in [9.17, 15) is 4.79 Å². The van der Waals surface area contributed by atoms with Crippen molar-refractivity contribution < 1.29 is 4.79 Å². The molecule has 0 heterocycles. The molecular weight excluding hydrogens is 292 g/mol. The lowest BCUT2D eigenvalue weighted by atomic mass is 10.0. The Labute approximate surface area is 137 Å². The van der Waals surface area contributed by atoms with Gasteiger partial charge in [0.2, 0.25) is 0 Å². The van der Waals surface area contributed by atoms with Gasteiger partial charge < -0.3 is 10.2 Å². The van der Waals surface area contributed by atoms with Gasteiger partial charge in [-0.25, -0.2) is 4.79 Å². The molecule has 0 aliphatic rings. The van der Waals surface area contributed by atoms with Crippen LogP contribution in [0.1, 0.15) is 12.5 Å². The molecule has 22 heavy (non-hydrogen) atoms. The summed E-state index contributed by atoms with van der Waals surface area (Å²) in [7, 11) is 1.85. The minimum atomic E-state index is 0.00165. The van der Waals surface area contributed by atoms with Gasteiger partial charge in [-0.05, 0) is 35.9 Å². The van der Waals surface area contributed by atoms with Crippen LogP contribution in [0.2, 0.25) is 0 Å². The number of nitrogens with zero attached hydrogens (tertiary/aromatic N) is 1. The molecule has 0 spiro atoms. The highest BCUT2D eigenvalue weighted by Crippen LogP contribution is 2.19. The van der Waals surface area contributed by atoms with Gasteiger partial charge in [0.1, 0.15) is 0 Å². The van der Waals surface area contributed by atoms with Crippen LogP contribution in [0.4, 0.5) is 4.79 Å². The molecule has 2 aromatic carbocycles. The fourth-order valence-electron chi connectivity index (χ4n) is 2.51. The highest BCUT2D eigenvalue weighted by molar-refractivity contribution is 7.98. The van der Waals surface area contributed by atoms with Crippen molar-refractivity contribution in [1.29, 1.82) is 0 Å². The first-order chi connectivity index (χ1) is 10.6. The van der Waals surface area contributed by atoms with Crippen LogP contribution in [0.5, 0.6) is 0 Å². The van der Waals surface area contributed by atoms with Gasteiger partial charge in [0, 0.05) is 25.4 Å². The summed E-state index contributed by atoms with van der Waals surface area (Å²) in [5, 5.41) is 5.54. The molecule has 1 N–H and O–H groups in total. The summed E-state index contributed by atoms with van der Waals surface area (Å²) in [5.41, 5.74) is 1.29. The number of carbonyl (C=O) groups excluding carboxylic acids is 1. The molecule has 0 aromatic heterocycles. The van der Waals surface area contributed by atoms with Crippen LogP contribution in [-0.2, 0) is 6.42 Å². The van der Waals surface area contributed by atoms with Crippen molar-refractivity contribution in [3.05, 3.63) is 48.0 Å². The van der Waals surface area contributed by atoms with Gasteiger partial charge in [-0.1, -0.05) is 42.5 Å². The summed E-state index contributed by atoms with van der Waals surface area (Å²) < 4.78 is 0. The summed E-state index contributed by atoms with van der Waals surface area (Å²) in [5.74, 6) is 0.933. The average molecular weight is 316 g/mol. The Morgan fingerprint density at radius 1 is 1.23 bits per heavy atom. The van der Waals surface area contributed by atoms with Gasteiger partial charge in [0.25, 0.3) is 0 Å². The molecule has 0 saturated heterocycles. The van der Waals surface area contributed by atoms with Gasteiger partial charge in [-0.15, -0.1) is 0 Å². The molecule has 0 aliphatic heterocycles. The summed E-state index contributed by atoms with van der Waals surface area (Å²) in [6.07, 6.45) is 2.91. The number of likely N-dealkylation sites (N-methyl/N-ethyl adjacent to an activating group) is 1. The normalized spacial score (nSPS) is 12.1. The van der Waals surface area contributed by atoms with Crippen LogP contribution in [0.25, 0.3) is 10.8 Å². The number of fused-ring (bicyclic) bond motifs is 1. The zero-order valence-electron chi connectivity index (χ0n) is 13.5. The number of hydrogen-bond acceptors (Lipinski definition) is 2.